The van der Waals surface area contributed by atoms with Crippen LogP contribution in [0.25, 0.3) is 0 Å². The van der Waals surface area contributed by atoms with Crippen molar-refractivity contribution in [3.05, 3.63) is 69.8 Å². The molecule has 0 saturated carbocycles. The zero-order chi connectivity index (χ0) is 24.6. The number of methoxy groups -OCH3 is 1. The van der Waals surface area contributed by atoms with Gasteiger partial charge < -0.3 is 15.0 Å². The topological polar surface area (TPSA) is 67.6 Å². The Morgan fingerprint density at radius 3 is 2.38 bits per heavy atom. The van der Waals surface area contributed by atoms with E-state index in [-0.39, 0.29) is 5.69 Å². The maximum atomic E-state index is 11.1. The second kappa shape index (κ2) is 16.0. The molecule has 0 spiro atoms. The lowest BCUT2D eigenvalue weighted by Gasteiger charge is -2.26. The van der Waals surface area contributed by atoms with Gasteiger partial charge in [-0.15, -0.1) is 0 Å². The summed E-state index contributed by atoms with van der Waals surface area (Å²) in [7, 11) is 1.47. The van der Waals surface area contributed by atoms with Crippen molar-refractivity contribution in [1.82, 2.24) is 10.2 Å². The minimum absolute atomic E-state index is 0.000238. The Balaban J connectivity index is 1.87. The zero-order valence-electron chi connectivity index (χ0n) is 20.6. The van der Waals surface area contributed by atoms with Crippen LogP contribution in [-0.4, -0.2) is 41.7 Å². The SMILES string of the molecule is CCCCCCCCN(CCCc1ccc([N+](=O)[O-])c(OC)c1)C(=S)NCCc1ccccc1. The van der Waals surface area contributed by atoms with Gasteiger partial charge in [0.05, 0.1) is 12.0 Å². The highest BCUT2D eigenvalue weighted by molar-refractivity contribution is 7.80. The number of nitrogens with zero attached hydrogens (tertiary/aromatic N) is 2. The highest BCUT2D eigenvalue weighted by atomic mass is 32.1. The van der Waals surface area contributed by atoms with Crippen molar-refractivity contribution in [2.75, 3.05) is 26.7 Å². The molecule has 7 heteroatoms. The molecule has 0 aliphatic carbocycles. The Kier molecular flexibility index (Phi) is 13.0. The molecular formula is C27H39N3O3S. The third-order valence-electron chi connectivity index (χ3n) is 5.94. The quantitative estimate of drug-likeness (QED) is 0.130. The van der Waals surface area contributed by atoms with Gasteiger partial charge in [0.25, 0.3) is 0 Å². The monoisotopic (exact) mass is 485 g/mol. The normalized spacial score (nSPS) is 10.6. The summed E-state index contributed by atoms with van der Waals surface area (Å²) in [6.45, 7) is 4.86. The van der Waals surface area contributed by atoms with E-state index in [4.69, 9.17) is 17.0 Å². The molecule has 0 aliphatic heterocycles. The molecule has 0 amide bonds. The summed E-state index contributed by atoms with van der Waals surface area (Å²) < 4.78 is 5.20. The fourth-order valence-electron chi connectivity index (χ4n) is 3.97. The molecular weight excluding hydrogens is 446 g/mol. The minimum atomic E-state index is -0.412. The van der Waals surface area contributed by atoms with E-state index < -0.39 is 4.92 Å². The summed E-state index contributed by atoms with van der Waals surface area (Å²) in [5, 5.41) is 15.4. The van der Waals surface area contributed by atoms with Crippen LogP contribution in [-0.2, 0) is 12.8 Å². The number of nitro groups is 1. The van der Waals surface area contributed by atoms with Crippen LogP contribution in [0.1, 0.15) is 63.0 Å². The second-order valence-corrected chi connectivity index (χ2v) is 8.98. The van der Waals surface area contributed by atoms with Gasteiger partial charge in [-0.25, -0.2) is 0 Å². The summed E-state index contributed by atoms with van der Waals surface area (Å²) >= 11 is 5.75. The fourth-order valence-corrected chi connectivity index (χ4v) is 4.26. The Morgan fingerprint density at radius 2 is 1.68 bits per heavy atom. The molecule has 34 heavy (non-hydrogen) atoms. The van der Waals surface area contributed by atoms with Crippen LogP contribution in [0, 0.1) is 10.1 Å². The maximum absolute atomic E-state index is 11.1. The Hall–Kier alpha value is -2.67. The predicted octanol–water partition coefficient (Wildman–Crippen LogP) is 6.32. The molecule has 186 valence electrons. The summed E-state index contributed by atoms with van der Waals surface area (Å²) in [6.07, 6.45) is 10.2. The molecule has 2 rings (SSSR count). The van der Waals surface area contributed by atoms with E-state index in [1.165, 1.54) is 50.8 Å². The van der Waals surface area contributed by atoms with E-state index in [9.17, 15) is 10.1 Å². The van der Waals surface area contributed by atoms with Crippen LogP contribution < -0.4 is 10.1 Å². The highest BCUT2D eigenvalue weighted by Gasteiger charge is 2.15. The van der Waals surface area contributed by atoms with Crippen LogP contribution in [0.4, 0.5) is 5.69 Å². The number of nitro benzene ring substituents is 1. The second-order valence-electron chi connectivity index (χ2n) is 8.59. The molecule has 0 heterocycles. The van der Waals surface area contributed by atoms with E-state index in [0.717, 1.165) is 56.0 Å². The van der Waals surface area contributed by atoms with Crippen LogP contribution in [0.3, 0.4) is 0 Å². The molecule has 1 N–H and O–H groups in total. The lowest BCUT2D eigenvalue weighted by molar-refractivity contribution is -0.385. The van der Waals surface area contributed by atoms with Crippen molar-refractivity contribution in [2.45, 2.75) is 64.7 Å². The van der Waals surface area contributed by atoms with Gasteiger partial charge in [0.1, 0.15) is 0 Å². The number of ether oxygens (including phenoxy) is 1. The lowest BCUT2D eigenvalue weighted by Crippen LogP contribution is -2.41. The molecule has 0 radical (unpaired) electrons. The number of aryl methyl sites for hydroxylation is 1. The van der Waals surface area contributed by atoms with Gasteiger partial charge in [0, 0.05) is 25.7 Å². The Labute approximate surface area is 209 Å². The number of rotatable bonds is 16. The Bertz CT molecular complexity index is 877. The Morgan fingerprint density at radius 1 is 0.971 bits per heavy atom. The van der Waals surface area contributed by atoms with Gasteiger partial charge >= 0.3 is 5.69 Å². The average molecular weight is 486 g/mol. The van der Waals surface area contributed by atoms with Crippen LogP contribution in [0.15, 0.2) is 48.5 Å². The minimum Gasteiger partial charge on any atom is -0.490 e. The van der Waals surface area contributed by atoms with Crippen LogP contribution >= 0.6 is 12.2 Å². The first-order valence-corrected chi connectivity index (χ1v) is 12.8. The number of hydrogen-bond donors (Lipinski definition) is 1. The maximum Gasteiger partial charge on any atom is 0.310 e. The standard InChI is InChI=1S/C27H39N3O3S/c1-3-4-5-6-7-11-20-29(27(34)28-19-18-23-13-9-8-10-14-23)21-12-15-24-16-17-25(30(31)32)26(22-24)33-2/h8-10,13-14,16-17,22H,3-7,11-12,15,18-21H2,1-2H3,(H,28,34). The lowest BCUT2D eigenvalue weighted by atomic mass is 10.1. The zero-order valence-corrected chi connectivity index (χ0v) is 21.4. The summed E-state index contributed by atoms with van der Waals surface area (Å²) in [6, 6.07) is 15.5. The number of thiocarbonyl (C=S) groups is 1. The van der Waals surface area contributed by atoms with E-state index in [1.54, 1.807) is 6.07 Å². The molecule has 0 bridgehead atoms. The third kappa shape index (κ3) is 10.1. The van der Waals surface area contributed by atoms with Gasteiger partial charge in [-0.05, 0) is 55.1 Å². The van der Waals surface area contributed by atoms with Crippen molar-refractivity contribution in [1.29, 1.82) is 0 Å². The largest absolute Gasteiger partial charge is 0.490 e. The molecule has 0 aliphatic rings. The number of benzene rings is 2. The number of unbranched alkanes of at least 4 members (excludes halogenated alkanes) is 5. The molecule has 2 aromatic carbocycles. The fraction of sp³-hybridized carbons (Fsp3) is 0.519. The van der Waals surface area contributed by atoms with E-state index in [0.29, 0.717) is 5.75 Å². The molecule has 0 atom stereocenters. The predicted molar refractivity (Wildman–Crippen MR) is 144 cm³/mol. The van der Waals surface area contributed by atoms with Gasteiger partial charge in [-0.1, -0.05) is 75.4 Å². The van der Waals surface area contributed by atoms with Crippen LogP contribution in [0.5, 0.6) is 5.75 Å². The average Bonchev–Trinajstić information content (AvgIpc) is 2.85. The summed E-state index contributed by atoms with van der Waals surface area (Å²) in [5.41, 5.74) is 2.33. The van der Waals surface area contributed by atoms with Crippen molar-refractivity contribution in [3.63, 3.8) is 0 Å². The van der Waals surface area contributed by atoms with Crippen molar-refractivity contribution in [2.24, 2.45) is 0 Å². The first-order chi connectivity index (χ1) is 16.5. The molecule has 0 aromatic heterocycles. The van der Waals surface area contributed by atoms with Crippen molar-refractivity contribution in [3.8, 4) is 5.75 Å². The molecule has 2 aromatic rings. The molecule has 0 unspecified atom stereocenters. The van der Waals surface area contributed by atoms with Crippen LogP contribution in [0.2, 0.25) is 0 Å². The number of hydrogen-bond acceptors (Lipinski definition) is 4. The molecule has 0 saturated heterocycles. The van der Waals surface area contributed by atoms with E-state index >= 15 is 0 Å². The van der Waals surface area contributed by atoms with Gasteiger partial charge in [-0.2, -0.15) is 0 Å². The van der Waals surface area contributed by atoms with Crippen molar-refractivity contribution >= 4 is 23.0 Å². The highest BCUT2D eigenvalue weighted by Crippen LogP contribution is 2.28. The first kappa shape index (κ1) is 27.6. The van der Waals surface area contributed by atoms with E-state index in [1.807, 2.05) is 12.1 Å². The van der Waals surface area contributed by atoms with E-state index in [2.05, 4.69) is 41.4 Å². The van der Waals surface area contributed by atoms with Gasteiger partial charge in [0.15, 0.2) is 10.9 Å². The summed E-state index contributed by atoms with van der Waals surface area (Å²) in [4.78, 5) is 13.0. The third-order valence-corrected chi connectivity index (χ3v) is 6.34. The smallest absolute Gasteiger partial charge is 0.310 e. The summed E-state index contributed by atoms with van der Waals surface area (Å²) in [5.74, 6) is 0.310. The van der Waals surface area contributed by atoms with Gasteiger partial charge in [0.2, 0.25) is 0 Å². The van der Waals surface area contributed by atoms with Gasteiger partial charge in [-0.3, -0.25) is 10.1 Å². The molecule has 0 fully saturated rings. The first-order valence-electron chi connectivity index (χ1n) is 12.4. The molecule has 6 nitrogen and oxygen atoms in total. The number of nitrogens with one attached hydrogen (secondary N) is 1. The van der Waals surface area contributed by atoms with Crippen molar-refractivity contribution < 1.29 is 9.66 Å².